The number of hydrogen-bond donors (Lipinski definition) is 1. The number of aliphatic hydroxyl groups is 1. The third kappa shape index (κ3) is 2.84. The molecular formula is C13H16N2OS. The van der Waals surface area contributed by atoms with Crippen molar-refractivity contribution in [2.45, 2.75) is 20.1 Å². The highest BCUT2D eigenvalue weighted by molar-refractivity contribution is 7.09. The summed E-state index contributed by atoms with van der Waals surface area (Å²) in [4.78, 5) is 7.62. The Morgan fingerprint density at radius 1 is 1.41 bits per heavy atom. The quantitative estimate of drug-likeness (QED) is 0.883. The number of anilines is 1. The Hall–Kier alpha value is -1.39. The lowest BCUT2D eigenvalue weighted by Crippen LogP contribution is -2.22. The van der Waals surface area contributed by atoms with E-state index in [1.165, 1.54) is 4.88 Å². The van der Waals surface area contributed by atoms with Crippen molar-refractivity contribution in [3.8, 4) is 0 Å². The molecule has 0 atom stereocenters. The summed E-state index contributed by atoms with van der Waals surface area (Å²) in [6.07, 6.45) is 3.50. The predicted octanol–water partition coefficient (Wildman–Crippen LogP) is 2.66. The second-order valence-corrected chi connectivity index (χ2v) is 4.79. The summed E-state index contributed by atoms with van der Waals surface area (Å²) in [5, 5.41) is 11.4. The van der Waals surface area contributed by atoms with Gasteiger partial charge in [0.2, 0.25) is 0 Å². The average Bonchev–Trinajstić information content (AvgIpc) is 2.89. The largest absolute Gasteiger partial charge is 0.392 e. The molecule has 3 nitrogen and oxygen atoms in total. The Labute approximate surface area is 105 Å². The van der Waals surface area contributed by atoms with Crippen molar-refractivity contribution >= 4 is 17.0 Å². The Morgan fingerprint density at radius 2 is 2.29 bits per heavy atom. The van der Waals surface area contributed by atoms with Crippen LogP contribution in [0.3, 0.4) is 0 Å². The third-order valence-corrected chi connectivity index (χ3v) is 3.56. The van der Waals surface area contributed by atoms with Crippen LogP contribution in [0.15, 0.2) is 36.0 Å². The lowest BCUT2D eigenvalue weighted by atomic mass is 10.2. The van der Waals surface area contributed by atoms with Crippen LogP contribution >= 0.6 is 11.3 Å². The molecule has 2 aromatic heterocycles. The van der Waals surface area contributed by atoms with Crippen LogP contribution in [0.5, 0.6) is 0 Å². The molecule has 2 aromatic rings. The molecule has 0 saturated heterocycles. The molecule has 0 amide bonds. The molecule has 90 valence electrons. The van der Waals surface area contributed by atoms with Gasteiger partial charge in [-0.05, 0) is 24.4 Å². The molecule has 0 radical (unpaired) electrons. The summed E-state index contributed by atoms with van der Waals surface area (Å²) in [7, 11) is 0. The second kappa shape index (κ2) is 5.80. The maximum atomic E-state index is 9.32. The van der Waals surface area contributed by atoms with E-state index < -0.39 is 0 Å². The molecule has 0 spiro atoms. The molecule has 2 rings (SSSR count). The van der Waals surface area contributed by atoms with E-state index in [0.29, 0.717) is 0 Å². The number of thiophene rings is 1. The molecule has 0 bridgehead atoms. The number of aromatic nitrogens is 1. The van der Waals surface area contributed by atoms with Crippen molar-refractivity contribution in [3.05, 3.63) is 46.4 Å². The number of rotatable bonds is 5. The van der Waals surface area contributed by atoms with Gasteiger partial charge in [-0.3, -0.25) is 4.98 Å². The maximum Gasteiger partial charge on any atom is 0.0717 e. The fourth-order valence-corrected chi connectivity index (χ4v) is 2.53. The van der Waals surface area contributed by atoms with Crippen LogP contribution in [0.25, 0.3) is 0 Å². The number of pyridine rings is 1. The van der Waals surface area contributed by atoms with E-state index in [9.17, 15) is 5.11 Å². The molecule has 1 N–H and O–H groups in total. The molecule has 0 fully saturated rings. The zero-order valence-corrected chi connectivity index (χ0v) is 10.7. The van der Waals surface area contributed by atoms with Crippen molar-refractivity contribution in [2.75, 3.05) is 11.4 Å². The van der Waals surface area contributed by atoms with Gasteiger partial charge in [0.15, 0.2) is 0 Å². The zero-order chi connectivity index (χ0) is 12.1. The molecule has 0 aliphatic heterocycles. The smallest absolute Gasteiger partial charge is 0.0717 e. The van der Waals surface area contributed by atoms with Gasteiger partial charge in [-0.2, -0.15) is 0 Å². The van der Waals surface area contributed by atoms with Crippen molar-refractivity contribution in [1.29, 1.82) is 0 Å². The van der Waals surface area contributed by atoms with E-state index in [0.717, 1.165) is 24.3 Å². The highest BCUT2D eigenvalue weighted by atomic mass is 32.1. The first-order valence-corrected chi connectivity index (χ1v) is 6.54. The summed E-state index contributed by atoms with van der Waals surface area (Å²) in [5.41, 5.74) is 1.95. The van der Waals surface area contributed by atoms with Crippen LogP contribution in [-0.2, 0) is 13.2 Å². The number of hydrogen-bond acceptors (Lipinski definition) is 4. The molecular weight excluding hydrogens is 232 g/mol. The van der Waals surface area contributed by atoms with E-state index in [1.54, 1.807) is 23.7 Å². The monoisotopic (exact) mass is 248 g/mol. The second-order valence-electron chi connectivity index (χ2n) is 3.76. The minimum Gasteiger partial charge on any atom is -0.392 e. The van der Waals surface area contributed by atoms with Gasteiger partial charge >= 0.3 is 0 Å². The van der Waals surface area contributed by atoms with Crippen LogP contribution in [-0.4, -0.2) is 16.6 Å². The minimum atomic E-state index is 0.0319. The molecule has 0 aromatic carbocycles. The Balaban J connectivity index is 2.22. The number of aliphatic hydroxyl groups excluding tert-OH is 1. The first-order chi connectivity index (χ1) is 8.35. The minimum absolute atomic E-state index is 0.0319. The van der Waals surface area contributed by atoms with Crippen LogP contribution in [0.2, 0.25) is 0 Å². The first kappa shape index (κ1) is 12.1. The molecule has 0 aliphatic carbocycles. The van der Waals surface area contributed by atoms with E-state index in [4.69, 9.17) is 0 Å². The summed E-state index contributed by atoms with van der Waals surface area (Å²) >= 11 is 1.75. The highest BCUT2D eigenvalue weighted by Crippen LogP contribution is 2.22. The normalized spacial score (nSPS) is 10.5. The van der Waals surface area contributed by atoms with Crippen molar-refractivity contribution in [1.82, 2.24) is 4.98 Å². The van der Waals surface area contributed by atoms with Crippen LogP contribution in [0.1, 0.15) is 17.4 Å². The Morgan fingerprint density at radius 3 is 2.94 bits per heavy atom. The van der Waals surface area contributed by atoms with E-state index in [1.807, 2.05) is 6.07 Å². The molecule has 0 saturated carbocycles. The van der Waals surface area contributed by atoms with Gasteiger partial charge in [-0.1, -0.05) is 6.07 Å². The van der Waals surface area contributed by atoms with Crippen molar-refractivity contribution in [3.63, 3.8) is 0 Å². The van der Waals surface area contributed by atoms with Gasteiger partial charge in [-0.25, -0.2) is 0 Å². The van der Waals surface area contributed by atoms with Crippen molar-refractivity contribution < 1.29 is 5.11 Å². The number of nitrogens with zero attached hydrogens (tertiary/aromatic N) is 2. The van der Waals surface area contributed by atoms with Gasteiger partial charge in [-0.15, -0.1) is 11.3 Å². The Kier molecular flexibility index (Phi) is 4.12. The first-order valence-electron chi connectivity index (χ1n) is 5.66. The lowest BCUT2D eigenvalue weighted by Gasteiger charge is -2.24. The summed E-state index contributed by atoms with van der Waals surface area (Å²) in [6, 6.07) is 6.16. The Bertz CT molecular complexity index is 456. The van der Waals surface area contributed by atoms with Gasteiger partial charge in [0, 0.05) is 35.1 Å². The molecule has 4 heteroatoms. The van der Waals surface area contributed by atoms with Crippen LogP contribution in [0.4, 0.5) is 5.69 Å². The van der Waals surface area contributed by atoms with E-state index in [-0.39, 0.29) is 6.61 Å². The average molecular weight is 248 g/mol. The predicted molar refractivity (Wildman–Crippen MR) is 71.2 cm³/mol. The summed E-state index contributed by atoms with van der Waals surface area (Å²) < 4.78 is 0. The maximum absolute atomic E-state index is 9.32. The highest BCUT2D eigenvalue weighted by Gasteiger charge is 2.10. The van der Waals surface area contributed by atoms with Crippen molar-refractivity contribution in [2.24, 2.45) is 0 Å². The fraction of sp³-hybridized carbons (Fsp3) is 0.308. The molecule has 0 unspecified atom stereocenters. The molecule has 0 aliphatic rings. The SMILES string of the molecule is CCN(Cc1cccs1)c1ccncc1CO. The van der Waals surface area contributed by atoms with Gasteiger partial charge in [0.05, 0.1) is 13.2 Å². The fourth-order valence-electron chi connectivity index (χ4n) is 1.81. The van der Waals surface area contributed by atoms with Crippen LogP contribution in [0, 0.1) is 0 Å². The van der Waals surface area contributed by atoms with Crippen LogP contribution < -0.4 is 4.90 Å². The lowest BCUT2D eigenvalue weighted by molar-refractivity contribution is 0.281. The third-order valence-electron chi connectivity index (χ3n) is 2.70. The standard InChI is InChI=1S/C13H16N2OS/c1-2-15(9-12-4-3-7-17-12)13-5-6-14-8-11(13)10-16/h3-8,16H,2,9-10H2,1H3. The zero-order valence-electron chi connectivity index (χ0n) is 9.84. The topological polar surface area (TPSA) is 36.4 Å². The van der Waals surface area contributed by atoms with Gasteiger partial charge < -0.3 is 10.0 Å². The summed E-state index contributed by atoms with van der Waals surface area (Å²) in [6.45, 7) is 3.94. The molecule has 2 heterocycles. The van der Waals surface area contributed by atoms with E-state index >= 15 is 0 Å². The molecule has 17 heavy (non-hydrogen) atoms. The van der Waals surface area contributed by atoms with Gasteiger partial charge in [0.25, 0.3) is 0 Å². The van der Waals surface area contributed by atoms with E-state index in [2.05, 4.69) is 34.3 Å². The summed E-state index contributed by atoms with van der Waals surface area (Å²) in [5.74, 6) is 0. The van der Waals surface area contributed by atoms with Gasteiger partial charge in [0.1, 0.15) is 0 Å².